The lowest BCUT2D eigenvalue weighted by Gasteiger charge is -2.23. The molecule has 1 aliphatic heterocycles. The minimum Gasteiger partial charge on any atom is -0.463 e. The molecule has 3 amide bonds. The zero-order chi connectivity index (χ0) is 20.4. The fourth-order valence-electron chi connectivity index (χ4n) is 2.98. The van der Waals surface area contributed by atoms with Gasteiger partial charge in [-0.1, -0.05) is 19.9 Å². The highest BCUT2D eigenvalue weighted by Crippen LogP contribution is 2.17. The molecule has 27 heavy (non-hydrogen) atoms. The predicted octanol–water partition coefficient (Wildman–Crippen LogP) is 0.668. The third-order valence-electron chi connectivity index (χ3n) is 4.18. The molecule has 0 spiro atoms. The number of rotatable bonds is 10. The van der Waals surface area contributed by atoms with Gasteiger partial charge in [-0.05, 0) is 32.1 Å². The van der Waals surface area contributed by atoms with Crippen LogP contribution in [0, 0.1) is 11.8 Å². The van der Waals surface area contributed by atoms with Crippen molar-refractivity contribution in [2.75, 3.05) is 13.2 Å². The van der Waals surface area contributed by atoms with E-state index in [2.05, 4.69) is 16.0 Å². The fraction of sp³-hybridized carbons (Fsp3) is 0.684. The molecule has 8 nitrogen and oxygen atoms in total. The summed E-state index contributed by atoms with van der Waals surface area (Å²) in [6.45, 7) is 7.85. The highest BCUT2D eigenvalue weighted by molar-refractivity contribution is 5.87. The molecule has 1 heterocycles. The van der Waals surface area contributed by atoms with E-state index in [0.29, 0.717) is 25.8 Å². The van der Waals surface area contributed by atoms with Crippen molar-refractivity contribution in [1.29, 1.82) is 0 Å². The molecule has 0 saturated carbocycles. The minimum absolute atomic E-state index is 0.0561. The highest BCUT2D eigenvalue weighted by Gasteiger charge is 2.29. The van der Waals surface area contributed by atoms with Crippen molar-refractivity contribution in [1.82, 2.24) is 16.0 Å². The van der Waals surface area contributed by atoms with Crippen LogP contribution in [0.15, 0.2) is 12.2 Å². The molecule has 0 bridgehead atoms. The number of hydrogen-bond donors (Lipinski definition) is 3. The summed E-state index contributed by atoms with van der Waals surface area (Å²) in [5.41, 5.74) is 0. The summed E-state index contributed by atoms with van der Waals surface area (Å²) in [5, 5.41) is 8.27. The van der Waals surface area contributed by atoms with E-state index in [0.717, 1.165) is 0 Å². The molecule has 0 aliphatic carbocycles. The second-order valence-electron chi connectivity index (χ2n) is 7.12. The molecule has 3 atom stereocenters. The lowest BCUT2D eigenvalue weighted by molar-refractivity contribution is -0.137. The Morgan fingerprint density at radius 3 is 2.52 bits per heavy atom. The van der Waals surface area contributed by atoms with Crippen molar-refractivity contribution in [3.63, 3.8) is 0 Å². The Hall–Kier alpha value is -2.38. The number of amides is 3. The number of carbonyl (C=O) groups excluding carboxylic acids is 4. The number of esters is 1. The monoisotopic (exact) mass is 381 g/mol. The van der Waals surface area contributed by atoms with Gasteiger partial charge in [-0.2, -0.15) is 0 Å². The summed E-state index contributed by atoms with van der Waals surface area (Å²) < 4.78 is 4.87. The second kappa shape index (κ2) is 11.4. The zero-order valence-corrected chi connectivity index (χ0v) is 16.5. The topological polar surface area (TPSA) is 114 Å². The van der Waals surface area contributed by atoms with E-state index in [4.69, 9.17) is 4.74 Å². The SMILES string of the molecule is CCOC(=O)/C=C/[C@H](C[C@@H]1CCNC1=O)NC(=O)[C@H](CC(C)C)NC(C)=O. The van der Waals surface area contributed by atoms with Crippen molar-refractivity contribution in [3.05, 3.63) is 12.2 Å². The van der Waals surface area contributed by atoms with E-state index < -0.39 is 18.1 Å². The molecule has 0 radical (unpaired) electrons. The molecule has 0 aromatic rings. The van der Waals surface area contributed by atoms with Crippen molar-refractivity contribution in [2.24, 2.45) is 11.8 Å². The van der Waals surface area contributed by atoms with E-state index in [1.807, 2.05) is 13.8 Å². The first-order chi connectivity index (χ1) is 12.7. The second-order valence-corrected chi connectivity index (χ2v) is 7.12. The van der Waals surface area contributed by atoms with Gasteiger partial charge in [0, 0.05) is 31.5 Å². The predicted molar refractivity (Wildman–Crippen MR) is 100 cm³/mol. The summed E-state index contributed by atoms with van der Waals surface area (Å²) in [6, 6.07) is -1.18. The Bertz CT molecular complexity index is 574. The smallest absolute Gasteiger partial charge is 0.330 e. The average molecular weight is 381 g/mol. The minimum atomic E-state index is -0.668. The van der Waals surface area contributed by atoms with E-state index in [1.54, 1.807) is 13.0 Å². The molecule has 1 rings (SSSR count). The van der Waals surface area contributed by atoms with Crippen molar-refractivity contribution >= 4 is 23.7 Å². The summed E-state index contributed by atoms with van der Waals surface area (Å²) >= 11 is 0. The van der Waals surface area contributed by atoms with Crippen LogP contribution in [0.5, 0.6) is 0 Å². The van der Waals surface area contributed by atoms with Crippen LogP contribution in [0.1, 0.15) is 47.0 Å². The maximum absolute atomic E-state index is 12.7. The Morgan fingerprint density at radius 2 is 2.00 bits per heavy atom. The summed E-state index contributed by atoms with van der Waals surface area (Å²) in [4.78, 5) is 47.6. The molecule has 1 aliphatic rings. The van der Waals surface area contributed by atoms with Gasteiger partial charge in [-0.3, -0.25) is 14.4 Å². The normalized spacial score (nSPS) is 18.9. The van der Waals surface area contributed by atoms with Crippen molar-refractivity contribution in [3.8, 4) is 0 Å². The number of nitrogens with one attached hydrogen (secondary N) is 3. The van der Waals surface area contributed by atoms with Gasteiger partial charge in [0.15, 0.2) is 0 Å². The van der Waals surface area contributed by atoms with Gasteiger partial charge in [-0.25, -0.2) is 4.79 Å². The highest BCUT2D eigenvalue weighted by atomic mass is 16.5. The molecule has 1 saturated heterocycles. The maximum atomic E-state index is 12.7. The average Bonchev–Trinajstić information content (AvgIpc) is 2.96. The molecule has 0 unspecified atom stereocenters. The van der Waals surface area contributed by atoms with Crippen LogP contribution in [0.25, 0.3) is 0 Å². The molecule has 0 aromatic heterocycles. The van der Waals surface area contributed by atoms with Crippen molar-refractivity contribution in [2.45, 2.75) is 59.0 Å². The Kier molecular flexibility index (Phi) is 9.53. The zero-order valence-electron chi connectivity index (χ0n) is 16.5. The van der Waals surface area contributed by atoms with Crippen LogP contribution in [0.3, 0.4) is 0 Å². The van der Waals surface area contributed by atoms with E-state index in [1.165, 1.54) is 13.0 Å². The van der Waals surface area contributed by atoms with Gasteiger partial charge >= 0.3 is 5.97 Å². The fourth-order valence-corrected chi connectivity index (χ4v) is 2.98. The Morgan fingerprint density at radius 1 is 1.30 bits per heavy atom. The van der Waals surface area contributed by atoms with E-state index in [9.17, 15) is 19.2 Å². The molecule has 3 N–H and O–H groups in total. The maximum Gasteiger partial charge on any atom is 0.330 e. The lowest BCUT2D eigenvalue weighted by atomic mass is 9.97. The molecule has 1 fully saturated rings. The molecule has 0 aromatic carbocycles. The van der Waals surface area contributed by atoms with Crippen LogP contribution in [-0.2, 0) is 23.9 Å². The molecular weight excluding hydrogens is 350 g/mol. The molecular formula is C19H31N3O5. The van der Waals surface area contributed by atoms with Crippen LogP contribution < -0.4 is 16.0 Å². The number of hydrogen-bond acceptors (Lipinski definition) is 5. The van der Waals surface area contributed by atoms with E-state index >= 15 is 0 Å². The number of ether oxygens (including phenoxy) is 1. The van der Waals surface area contributed by atoms with Crippen LogP contribution >= 0.6 is 0 Å². The third-order valence-corrected chi connectivity index (χ3v) is 4.18. The van der Waals surface area contributed by atoms with Gasteiger partial charge in [0.25, 0.3) is 0 Å². The van der Waals surface area contributed by atoms with Crippen LogP contribution in [-0.4, -0.2) is 48.9 Å². The lowest BCUT2D eigenvalue weighted by Crippen LogP contribution is -2.49. The molecule has 152 valence electrons. The first-order valence-electron chi connectivity index (χ1n) is 9.43. The summed E-state index contributed by atoms with van der Waals surface area (Å²) in [7, 11) is 0. The summed E-state index contributed by atoms with van der Waals surface area (Å²) in [5.74, 6) is -1.21. The van der Waals surface area contributed by atoms with E-state index in [-0.39, 0.29) is 36.2 Å². The Balaban J connectivity index is 2.85. The van der Waals surface area contributed by atoms with Crippen LogP contribution in [0.2, 0.25) is 0 Å². The first-order valence-corrected chi connectivity index (χ1v) is 9.43. The third kappa shape index (κ3) is 8.70. The van der Waals surface area contributed by atoms with Gasteiger partial charge in [0.05, 0.1) is 6.61 Å². The van der Waals surface area contributed by atoms with Gasteiger partial charge in [-0.15, -0.1) is 0 Å². The van der Waals surface area contributed by atoms with Gasteiger partial charge in [0.2, 0.25) is 17.7 Å². The molecule has 8 heteroatoms. The number of carbonyl (C=O) groups is 4. The Labute approximate surface area is 160 Å². The standard InChI is InChI=1S/C19H31N3O5/c1-5-27-17(24)7-6-15(11-14-8-9-20-18(14)25)22-19(26)16(10-12(2)3)21-13(4)23/h6-7,12,14-16H,5,8-11H2,1-4H3,(H,20,25)(H,21,23)(H,22,26)/b7-6+/t14-,15+,16-/m0/s1. The van der Waals surface area contributed by atoms with Gasteiger partial charge < -0.3 is 20.7 Å². The summed E-state index contributed by atoms with van der Waals surface area (Å²) in [6.07, 6.45) is 4.35. The largest absolute Gasteiger partial charge is 0.463 e. The van der Waals surface area contributed by atoms with Crippen LogP contribution in [0.4, 0.5) is 0 Å². The first kappa shape index (κ1) is 22.7. The van der Waals surface area contributed by atoms with Crippen molar-refractivity contribution < 1.29 is 23.9 Å². The quantitative estimate of drug-likeness (QED) is 0.380. The van der Waals surface area contributed by atoms with Gasteiger partial charge in [0.1, 0.15) is 6.04 Å².